The molecule has 3 N–H and O–H groups in total. The topological polar surface area (TPSA) is 138 Å². The van der Waals surface area contributed by atoms with Gasteiger partial charge in [-0.2, -0.15) is 0 Å². The van der Waals surface area contributed by atoms with Crippen LogP contribution in [0.1, 0.15) is 24.2 Å². The molecule has 42 heavy (non-hydrogen) atoms. The number of nitrogens with one attached hydrogen (secondary N) is 2. The molecule has 0 radical (unpaired) electrons. The number of urea groups is 1. The molecule has 0 spiro atoms. The van der Waals surface area contributed by atoms with Gasteiger partial charge in [0.1, 0.15) is 11.9 Å². The molecule has 0 fully saturated rings. The molecule has 224 valence electrons. The van der Waals surface area contributed by atoms with Gasteiger partial charge in [0, 0.05) is 25.2 Å². The Morgan fingerprint density at radius 3 is 2.45 bits per heavy atom. The molecule has 0 aromatic heterocycles. The summed E-state index contributed by atoms with van der Waals surface area (Å²) >= 11 is 0. The van der Waals surface area contributed by atoms with E-state index in [1.807, 2.05) is 25.1 Å². The van der Waals surface area contributed by atoms with Crippen molar-refractivity contribution in [2.45, 2.75) is 30.9 Å². The number of sulfonamides is 1. The normalized spacial score (nSPS) is 17.6. The zero-order valence-electron chi connectivity index (χ0n) is 24.0. The summed E-state index contributed by atoms with van der Waals surface area (Å²) in [7, 11) is -0.956. The van der Waals surface area contributed by atoms with Crippen molar-refractivity contribution in [3.05, 3.63) is 78.4 Å². The molecule has 3 aromatic rings. The molecule has 1 heterocycles. The summed E-state index contributed by atoms with van der Waals surface area (Å²) in [6, 6.07) is 18.7. The van der Waals surface area contributed by atoms with E-state index in [-0.39, 0.29) is 53.5 Å². The SMILES string of the molecule is COc1ccc(S(=O)(=O)Nc2cccc3c2O[C@@H](CN(C)C(=O)Nc2ccccc2)[C@@H](C)CN([C@H](C)CO)C3=O)cc1. The Labute approximate surface area is 246 Å². The highest BCUT2D eigenvalue weighted by Crippen LogP contribution is 2.36. The second kappa shape index (κ2) is 13.1. The number of amides is 3. The number of hydrogen-bond donors (Lipinski definition) is 3. The Morgan fingerprint density at radius 2 is 1.81 bits per heavy atom. The highest BCUT2D eigenvalue weighted by Gasteiger charge is 2.35. The number of anilines is 2. The number of carbonyl (C=O) groups excluding carboxylic acids is 2. The van der Waals surface area contributed by atoms with E-state index in [0.29, 0.717) is 11.4 Å². The molecular weight excluding hydrogens is 560 g/mol. The van der Waals surface area contributed by atoms with Crippen molar-refractivity contribution in [1.82, 2.24) is 9.80 Å². The molecule has 1 aliphatic rings. The summed E-state index contributed by atoms with van der Waals surface area (Å²) in [5.74, 6) is -0.155. The molecular formula is C30H36N4O7S. The number of methoxy groups -OCH3 is 1. The minimum absolute atomic E-state index is 0.00385. The molecule has 0 bridgehead atoms. The van der Waals surface area contributed by atoms with Gasteiger partial charge in [-0.3, -0.25) is 9.52 Å². The van der Waals surface area contributed by atoms with Crippen LogP contribution >= 0.6 is 0 Å². The number of fused-ring (bicyclic) bond motifs is 1. The van der Waals surface area contributed by atoms with Crippen LogP contribution < -0.4 is 19.5 Å². The number of rotatable bonds is 9. The smallest absolute Gasteiger partial charge is 0.321 e. The molecule has 11 nitrogen and oxygen atoms in total. The second-order valence-electron chi connectivity index (χ2n) is 10.3. The fourth-order valence-corrected chi connectivity index (χ4v) is 5.66. The van der Waals surface area contributed by atoms with Crippen molar-refractivity contribution in [3.63, 3.8) is 0 Å². The van der Waals surface area contributed by atoms with Gasteiger partial charge in [-0.15, -0.1) is 0 Å². The lowest BCUT2D eigenvalue weighted by molar-refractivity contribution is 0.0373. The van der Waals surface area contributed by atoms with Crippen LogP contribution in [0.15, 0.2) is 77.7 Å². The van der Waals surface area contributed by atoms with Gasteiger partial charge in [0.15, 0.2) is 5.75 Å². The number of hydrogen-bond acceptors (Lipinski definition) is 7. The third kappa shape index (κ3) is 6.94. The number of aliphatic hydroxyl groups is 1. The number of likely N-dealkylation sites (N-methyl/N-ethyl adjacent to an activating group) is 1. The largest absolute Gasteiger partial charge is 0.497 e. The minimum atomic E-state index is -4.07. The highest BCUT2D eigenvalue weighted by molar-refractivity contribution is 7.92. The van der Waals surface area contributed by atoms with Crippen molar-refractivity contribution in [1.29, 1.82) is 0 Å². The fourth-order valence-electron chi connectivity index (χ4n) is 4.59. The summed E-state index contributed by atoms with van der Waals surface area (Å²) in [5.41, 5.74) is 0.845. The standard InChI is InChI=1S/C30H36N4O7S/c1-20-17-34(21(2)19-35)29(36)25-11-8-12-26(32-42(38,39)24-15-13-23(40-4)14-16-24)28(25)41-27(20)18-33(3)30(37)31-22-9-6-5-7-10-22/h5-16,20-21,27,32,35H,17-19H2,1-4H3,(H,31,37)/t20-,21+,27-/m0/s1. The van der Waals surface area contributed by atoms with E-state index in [1.165, 1.54) is 42.3 Å². The van der Waals surface area contributed by atoms with Crippen molar-refractivity contribution >= 4 is 33.3 Å². The van der Waals surface area contributed by atoms with Gasteiger partial charge in [-0.1, -0.05) is 31.2 Å². The van der Waals surface area contributed by atoms with E-state index in [4.69, 9.17) is 9.47 Å². The van der Waals surface area contributed by atoms with E-state index in [1.54, 1.807) is 43.1 Å². The van der Waals surface area contributed by atoms with Crippen molar-refractivity contribution in [2.75, 3.05) is 43.9 Å². The van der Waals surface area contributed by atoms with Gasteiger partial charge in [-0.25, -0.2) is 13.2 Å². The van der Waals surface area contributed by atoms with E-state index in [2.05, 4.69) is 10.0 Å². The summed E-state index contributed by atoms with van der Waals surface area (Å²) in [5, 5.41) is 12.7. The average molecular weight is 597 g/mol. The zero-order chi connectivity index (χ0) is 30.4. The van der Waals surface area contributed by atoms with Crippen molar-refractivity contribution < 1.29 is 32.6 Å². The maximum Gasteiger partial charge on any atom is 0.321 e. The van der Waals surface area contributed by atoms with Crippen LogP contribution in [0.25, 0.3) is 0 Å². The summed E-state index contributed by atoms with van der Waals surface area (Å²) in [6.45, 7) is 3.74. The number of para-hydroxylation sites is 2. The molecule has 3 aromatic carbocycles. The summed E-state index contributed by atoms with van der Waals surface area (Å²) < 4.78 is 40.8. The van der Waals surface area contributed by atoms with Crippen LogP contribution in [-0.4, -0.2) is 81.3 Å². The predicted molar refractivity (Wildman–Crippen MR) is 159 cm³/mol. The third-order valence-corrected chi connectivity index (χ3v) is 8.51. The zero-order valence-corrected chi connectivity index (χ0v) is 24.8. The molecule has 3 amide bonds. The summed E-state index contributed by atoms with van der Waals surface area (Å²) in [4.78, 5) is 29.7. The van der Waals surface area contributed by atoms with Gasteiger partial charge < -0.3 is 29.7 Å². The second-order valence-corrected chi connectivity index (χ2v) is 11.9. The van der Waals surface area contributed by atoms with Crippen molar-refractivity contribution in [2.24, 2.45) is 5.92 Å². The molecule has 12 heteroatoms. The molecule has 0 saturated carbocycles. The average Bonchev–Trinajstić information content (AvgIpc) is 2.99. The maximum atomic E-state index is 13.7. The fraction of sp³-hybridized carbons (Fsp3) is 0.333. The van der Waals surface area contributed by atoms with Crippen LogP contribution in [0.2, 0.25) is 0 Å². The van der Waals surface area contributed by atoms with Crippen LogP contribution in [0.3, 0.4) is 0 Å². The summed E-state index contributed by atoms with van der Waals surface area (Å²) in [6.07, 6.45) is -0.636. The molecule has 0 saturated heterocycles. The van der Waals surface area contributed by atoms with E-state index in [0.717, 1.165) is 0 Å². The lowest BCUT2D eigenvalue weighted by Crippen LogP contribution is -2.50. The van der Waals surface area contributed by atoms with Gasteiger partial charge >= 0.3 is 6.03 Å². The maximum absolute atomic E-state index is 13.7. The van der Waals surface area contributed by atoms with Crippen LogP contribution in [-0.2, 0) is 10.0 Å². The Bertz CT molecular complexity index is 1500. The Kier molecular flexibility index (Phi) is 9.59. The Hall–Kier alpha value is -4.29. The quantitative estimate of drug-likeness (QED) is 0.341. The lowest BCUT2D eigenvalue weighted by Gasteiger charge is -2.38. The van der Waals surface area contributed by atoms with Gasteiger partial charge in [0.2, 0.25) is 0 Å². The first-order valence-electron chi connectivity index (χ1n) is 13.5. The number of carbonyl (C=O) groups is 2. The Morgan fingerprint density at radius 1 is 1.12 bits per heavy atom. The number of aliphatic hydroxyl groups excluding tert-OH is 1. The first-order valence-corrected chi connectivity index (χ1v) is 15.0. The van der Waals surface area contributed by atoms with E-state index in [9.17, 15) is 23.1 Å². The van der Waals surface area contributed by atoms with E-state index >= 15 is 0 Å². The number of benzene rings is 3. The third-order valence-electron chi connectivity index (χ3n) is 7.13. The minimum Gasteiger partial charge on any atom is -0.497 e. The highest BCUT2D eigenvalue weighted by atomic mass is 32.2. The van der Waals surface area contributed by atoms with E-state index < -0.39 is 28.1 Å². The first kappa shape index (κ1) is 30.7. The molecule has 3 atom stereocenters. The van der Waals surface area contributed by atoms with Crippen LogP contribution in [0.5, 0.6) is 11.5 Å². The molecule has 4 rings (SSSR count). The van der Waals surface area contributed by atoms with Gasteiger partial charge in [0.05, 0.1) is 42.4 Å². The van der Waals surface area contributed by atoms with Crippen LogP contribution in [0.4, 0.5) is 16.2 Å². The van der Waals surface area contributed by atoms with Crippen molar-refractivity contribution in [3.8, 4) is 11.5 Å². The predicted octanol–water partition coefficient (Wildman–Crippen LogP) is 3.88. The van der Waals surface area contributed by atoms with Gasteiger partial charge in [0.25, 0.3) is 15.9 Å². The Balaban J connectivity index is 1.69. The van der Waals surface area contributed by atoms with Gasteiger partial charge in [-0.05, 0) is 55.5 Å². The molecule has 0 unspecified atom stereocenters. The molecule has 1 aliphatic heterocycles. The lowest BCUT2D eigenvalue weighted by atomic mass is 9.99. The monoisotopic (exact) mass is 596 g/mol. The van der Waals surface area contributed by atoms with Crippen LogP contribution in [0, 0.1) is 5.92 Å². The molecule has 0 aliphatic carbocycles. The number of nitrogens with zero attached hydrogens (tertiary/aromatic N) is 2. The first-order chi connectivity index (χ1) is 20.0. The number of ether oxygens (including phenoxy) is 2.